The Bertz CT molecular complexity index is 540. The fraction of sp³-hybridized carbons (Fsp3) is 0.214. The van der Waals surface area contributed by atoms with Gasteiger partial charge in [0.2, 0.25) is 0 Å². The van der Waals surface area contributed by atoms with E-state index < -0.39 is 0 Å². The molecule has 1 aromatic carbocycles. The van der Waals surface area contributed by atoms with E-state index in [2.05, 4.69) is 22.5 Å². The first-order valence-electron chi connectivity index (χ1n) is 5.91. The lowest BCUT2D eigenvalue weighted by atomic mass is 10.2. The lowest BCUT2D eigenvalue weighted by Gasteiger charge is -2.11. The molecule has 0 bridgehead atoms. The highest BCUT2D eigenvalue weighted by Gasteiger charge is 2.01. The number of anilines is 3. The van der Waals surface area contributed by atoms with E-state index in [0.29, 0.717) is 0 Å². The molecule has 0 aliphatic heterocycles. The average Bonchev–Trinajstić information content (AvgIpc) is 2.34. The number of rotatable bonds is 4. The third kappa shape index (κ3) is 3.14. The minimum absolute atomic E-state index is 0.748. The van der Waals surface area contributed by atoms with Crippen LogP contribution in [0, 0.1) is 6.92 Å². The Morgan fingerprint density at radius 3 is 2.67 bits per heavy atom. The second-order valence-electron chi connectivity index (χ2n) is 4.08. The van der Waals surface area contributed by atoms with Gasteiger partial charge in [0.05, 0.1) is 23.8 Å². The summed E-state index contributed by atoms with van der Waals surface area (Å²) in [6.45, 7) is 4.96. The Kier molecular flexibility index (Phi) is 4.05. The van der Waals surface area contributed by atoms with E-state index in [9.17, 15) is 0 Å². The van der Waals surface area contributed by atoms with Gasteiger partial charge in [0.25, 0.3) is 0 Å². The number of nitrogens with one attached hydrogen (secondary N) is 2. The van der Waals surface area contributed by atoms with E-state index in [-0.39, 0.29) is 0 Å². The molecule has 0 spiro atoms. The van der Waals surface area contributed by atoms with Crippen LogP contribution in [-0.2, 0) is 0 Å². The van der Waals surface area contributed by atoms with Gasteiger partial charge in [-0.2, -0.15) is 0 Å². The Morgan fingerprint density at radius 1 is 1.17 bits per heavy atom. The summed E-state index contributed by atoms with van der Waals surface area (Å²) in [5.41, 5.74) is 4.11. The lowest BCUT2D eigenvalue weighted by molar-refractivity contribution is 1.19. The third-order valence-corrected chi connectivity index (χ3v) is 2.82. The fourth-order valence-electron chi connectivity index (χ4n) is 1.73. The predicted molar refractivity (Wildman–Crippen MR) is 77.9 cm³/mol. The molecule has 0 saturated heterocycles. The molecule has 0 radical (unpaired) electrons. The molecule has 0 fully saturated rings. The van der Waals surface area contributed by atoms with Crippen molar-refractivity contribution in [1.29, 1.82) is 0 Å². The van der Waals surface area contributed by atoms with Gasteiger partial charge in [-0.25, -0.2) is 0 Å². The number of nitrogens with zero attached hydrogens (tertiary/aromatic N) is 1. The molecule has 1 aromatic heterocycles. The third-order valence-electron chi connectivity index (χ3n) is 2.59. The van der Waals surface area contributed by atoms with E-state index in [0.717, 1.165) is 34.2 Å². The van der Waals surface area contributed by atoms with E-state index >= 15 is 0 Å². The summed E-state index contributed by atoms with van der Waals surface area (Å²) in [4.78, 5) is 4.20. The first kappa shape index (κ1) is 12.7. The Morgan fingerprint density at radius 2 is 1.94 bits per heavy atom. The zero-order valence-corrected chi connectivity index (χ0v) is 11.3. The zero-order valence-electron chi connectivity index (χ0n) is 10.5. The molecular formula is C14H16ClN3. The summed E-state index contributed by atoms with van der Waals surface area (Å²) in [6.07, 6.45) is 3.61. The average molecular weight is 262 g/mol. The molecule has 0 unspecified atom stereocenters. The van der Waals surface area contributed by atoms with Crippen molar-refractivity contribution < 1.29 is 0 Å². The van der Waals surface area contributed by atoms with Crippen molar-refractivity contribution in [2.24, 2.45) is 0 Å². The molecule has 0 atom stereocenters. The highest BCUT2D eigenvalue weighted by atomic mass is 35.5. The Balaban J connectivity index is 2.20. The molecule has 0 saturated carbocycles. The first-order chi connectivity index (χ1) is 8.69. The highest BCUT2D eigenvalue weighted by molar-refractivity contribution is 6.30. The second-order valence-corrected chi connectivity index (χ2v) is 4.51. The predicted octanol–water partition coefficient (Wildman–Crippen LogP) is 4.22. The number of hydrogen-bond donors (Lipinski definition) is 2. The number of pyridine rings is 1. The number of aromatic nitrogens is 1. The monoisotopic (exact) mass is 261 g/mol. The largest absolute Gasteiger partial charge is 0.384 e. The molecule has 3 nitrogen and oxygen atoms in total. The second kappa shape index (κ2) is 5.74. The topological polar surface area (TPSA) is 37.0 Å². The summed E-state index contributed by atoms with van der Waals surface area (Å²) in [6, 6.07) is 7.81. The molecule has 18 heavy (non-hydrogen) atoms. The van der Waals surface area contributed by atoms with E-state index in [1.165, 1.54) is 0 Å². The van der Waals surface area contributed by atoms with Gasteiger partial charge >= 0.3 is 0 Å². The molecule has 0 amide bonds. The van der Waals surface area contributed by atoms with Crippen molar-refractivity contribution in [3.8, 4) is 0 Å². The summed E-state index contributed by atoms with van der Waals surface area (Å²) in [5, 5.41) is 7.32. The minimum Gasteiger partial charge on any atom is -0.384 e. The quantitative estimate of drug-likeness (QED) is 0.865. The van der Waals surface area contributed by atoms with Crippen LogP contribution in [0.1, 0.15) is 12.5 Å². The number of benzene rings is 1. The Labute approximate surface area is 112 Å². The van der Waals surface area contributed by atoms with Gasteiger partial charge in [-0.15, -0.1) is 0 Å². The molecule has 1 heterocycles. The molecule has 2 rings (SSSR count). The van der Waals surface area contributed by atoms with Crippen molar-refractivity contribution in [1.82, 2.24) is 4.98 Å². The molecule has 94 valence electrons. The summed E-state index contributed by atoms with van der Waals surface area (Å²) in [7, 11) is 0. The molecule has 2 aromatic rings. The first-order valence-corrected chi connectivity index (χ1v) is 6.29. The molecule has 0 aliphatic carbocycles. The maximum atomic E-state index is 5.94. The zero-order chi connectivity index (χ0) is 13.0. The van der Waals surface area contributed by atoms with Crippen LogP contribution >= 0.6 is 11.6 Å². The van der Waals surface area contributed by atoms with Crippen LogP contribution in [0.25, 0.3) is 0 Å². The lowest BCUT2D eigenvalue weighted by Crippen LogP contribution is -1.99. The van der Waals surface area contributed by atoms with Crippen LogP contribution < -0.4 is 10.6 Å². The smallest absolute Gasteiger partial charge is 0.0591 e. The highest BCUT2D eigenvalue weighted by Crippen LogP contribution is 2.24. The van der Waals surface area contributed by atoms with Crippen LogP contribution in [0.3, 0.4) is 0 Å². The molecule has 4 heteroatoms. The van der Waals surface area contributed by atoms with E-state index in [4.69, 9.17) is 11.6 Å². The van der Waals surface area contributed by atoms with Gasteiger partial charge < -0.3 is 10.6 Å². The van der Waals surface area contributed by atoms with Gasteiger partial charge in [-0.3, -0.25) is 4.98 Å². The summed E-state index contributed by atoms with van der Waals surface area (Å²) >= 11 is 5.94. The molecular weight excluding hydrogens is 246 g/mol. The number of halogens is 1. The molecule has 2 N–H and O–H groups in total. The van der Waals surface area contributed by atoms with Crippen molar-refractivity contribution >= 4 is 28.7 Å². The van der Waals surface area contributed by atoms with Crippen molar-refractivity contribution in [3.05, 3.63) is 47.2 Å². The standard InChI is InChI=1S/C14H16ClN3/c1-3-17-12-7-13(9-16-8-12)18-14-5-4-11(15)6-10(14)2/h4-9,17-18H,3H2,1-2H3. The summed E-state index contributed by atoms with van der Waals surface area (Å²) < 4.78 is 0. The van der Waals surface area contributed by atoms with Crippen LogP contribution in [0.5, 0.6) is 0 Å². The van der Waals surface area contributed by atoms with E-state index in [1.807, 2.05) is 37.4 Å². The maximum absolute atomic E-state index is 5.94. The van der Waals surface area contributed by atoms with Crippen molar-refractivity contribution in [3.63, 3.8) is 0 Å². The number of hydrogen-bond acceptors (Lipinski definition) is 3. The minimum atomic E-state index is 0.748. The van der Waals surface area contributed by atoms with Gasteiger partial charge in [-0.1, -0.05) is 11.6 Å². The molecule has 0 aliphatic rings. The van der Waals surface area contributed by atoms with Crippen molar-refractivity contribution in [2.75, 3.05) is 17.2 Å². The van der Waals surface area contributed by atoms with Crippen LogP contribution in [0.4, 0.5) is 17.1 Å². The van der Waals surface area contributed by atoms with Gasteiger partial charge in [0.15, 0.2) is 0 Å². The van der Waals surface area contributed by atoms with Crippen LogP contribution in [0.2, 0.25) is 5.02 Å². The SMILES string of the molecule is CCNc1cncc(Nc2ccc(Cl)cc2C)c1. The van der Waals surface area contributed by atoms with Gasteiger partial charge in [0, 0.05) is 17.3 Å². The number of aryl methyl sites for hydroxylation is 1. The summed E-state index contributed by atoms with van der Waals surface area (Å²) in [5.74, 6) is 0. The van der Waals surface area contributed by atoms with Crippen LogP contribution in [0.15, 0.2) is 36.7 Å². The van der Waals surface area contributed by atoms with Crippen LogP contribution in [-0.4, -0.2) is 11.5 Å². The Hall–Kier alpha value is -1.74. The fourth-order valence-corrected chi connectivity index (χ4v) is 1.96. The normalized spacial score (nSPS) is 10.2. The van der Waals surface area contributed by atoms with Gasteiger partial charge in [0.1, 0.15) is 0 Å². The van der Waals surface area contributed by atoms with Crippen molar-refractivity contribution in [2.45, 2.75) is 13.8 Å². The van der Waals surface area contributed by atoms with Gasteiger partial charge in [-0.05, 0) is 43.7 Å². The van der Waals surface area contributed by atoms with E-state index in [1.54, 1.807) is 6.20 Å². The maximum Gasteiger partial charge on any atom is 0.0591 e.